The summed E-state index contributed by atoms with van der Waals surface area (Å²) >= 11 is 0. The van der Waals surface area contributed by atoms with Crippen molar-refractivity contribution in [3.8, 4) is 0 Å². The lowest BCUT2D eigenvalue weighted by atomic mass is 10.1. The first kappa shape index (κ1) is 13.8. The number of nitrogens with one attached hydrogen (secondary N) is 1. The van der Waals surface area contributed by atoms with Gasteiger partial charge in [0.15, 0.2) is 0 Å². The summed E-state index contributed by atoms with van der Waals surface area (Å²) in [5, 5.41) is 4.64. The Bertz CT molecular complexity index is 1000. The zero-order chi connectivity index (χ0) is 15.8. The minimum atomic E-state index is 0.689. The van der Waals surface area contributed by atoms with E-state index in [1.807, 2.05) is 24.4 Å². The average Bonchev–Trinajstić information content (AvgIpc) is 2.98. The van der Waals surface area contributed by atoms with Gasteiger partial charge in [-0.25, -0.2) is 4.98 Å². The highest BCUT2D eigenvalue weighted by atomic mass is 15.0. The van der Waals surface area contributed by atoms with Gasteiger partial charge in [-0.3, -0.25) is 4.98 Å². The molecule has 4 rings (SSSR count). The number of para-hydroxylation sites is 1. The largest absolute Gasteiger partial charge is 0.379 e. The van der Waals surface area contributed by atoms with Crippen molar-refractivity contribution in [1.82, 2.24) is 14.4 Å². The molecule has 0 saturated carbocycles. The third kappa shape index (κ3) is 2.42. The molecular formula is C19H18N4. The molecule has 0 amide bonds. The maximum atomic E-state index is 4.67. The zero-order valence-electron chi connectivity index (χ0n) is 13.2. The maximum Gasteiger partial charge on any atom is 0.137 e. The number of benzene rings is 1. The Morgan fingerprint density at radius 1 is 1.04 bits per heavy atom. The summed E-state index contributed by atoms with van der Waals surface area (Å²) in [4.78, 5) is 9.15. The number of aryl methyl sites for hydroxylation is 2. The highest BCUT2D eigenvalue weighted by molar-refractivity contribution is 5.92. The molecule has 3 aromatic heterocycles. The highest BCUT2D eigenvalue weighted by Gasteiger charge is 2.06. The molecule has 1 aromatic carbocycles. The normalized spacial score (nSPS) is 11.2. The van der Waals surface area contributed by atoms with Crippen molar-refractivity contribution in [1.29, 1.82) is 0 Å². The second-order valence-corrected chi connectivity index (χ2v) is 5.81. The topological polar surface area (TPSA) is 42.2 Å². The van der Waals surface area contributed by atoms with E-state index in [1.165, 1.54) is 11.3 Å². The van der Waals surface area contributed by atoms with Gasteiger partial charge in [0.1, 0.15) is 5.65 Å². The van der Waals surface area contributed by atoms with E-state index in [0.29, 0.717) is 6.54 Å². The number of nitrogens with zero attached hydrogens (tertiary/aromatic N) is 3. The van der Waals surface area contributed by atoms with E-state index in [4.69, 9.17) is 0 Å². The molecule has 0 spiro atoms. The molecule has 0 atom stereocenters. The first-order valence-electron chi connectivity index (χ1n) is 7.74. The van der Waals surface area contributed by atoms with E-state index >= 15 is 0 Å². The molecule has 0 unspecified atom stereocenters. The number of imidazole rings is 1. The lowest BCUT2D eigenvalue weighted by molar-refractivity contribution is 1.07. The number of anilines is 1. The number of pyridine rings is 2. The van der Waals surface area contributed by atoms with Gasteiger partial charge >= 0.3 is 0 Å². The van der Waals surface area contributed by atoms with E-state index in [1.54, 1.807) is 0 Å². The molecule has 1 N–H and O–H groups in total. The van der Waals surface area contributed by atoms with Crippen LogP contribution in [-0.2, 0) is 6.54 Å². The van der Waals surface area contributed by atoms with E-state index in [9.17, 15) is 0 Å². The molecule has 0 fully saturated rings. The van der Waals surface area contributed by atoms with Gasteiger partial charge in [-0.2, -0.15) is 0 Å². The lowest BCUT2D eigenvalue weighted by Gasteiger charge is -2.09. The molecule has 4 nitrogen and oxygen atoms in total. The molecule has 0 aliphatic carbocycles. The van der Waals surface area contributed by atoms with Crippen LogP contribution in [-0.4, -0.2) is 14.4 Å². The summed E-state index contributed by atoms with van der Waals surface area (Å²) in [5.41, 5.74) is 6.52. The quantitative estimate of drug-likeness (QED) is 0.619. The van der Waals surface area contributed by atoms with Crippen molar-refractivity contribution in [3.63, 3.8) is 0 Å². The summed E-state index contributed by atoms with van der Waals surface area (Å²) in [6.45, 7) is 4.86. The first-order valence-corrected chi connectivity index (χ1v) is 7.74. The smallest absolute Gasteiger partial charge is 0.137 e. The molecule has 0 aliphatic heterocycles. The van der Waals surface area contributed by atoms with Crippen LogP contribution in [0.15, 0.2) is 54.9 Å². The van der Waals surface area contributed by atoms with Crippen molar-refractivity contribution in [2.45, 2.75) is 20.4 Å². The summed E-state index contributed by atoms with van der Waals surface area (Å²) in [7, 11) is 0. The second kappa shape index (κ2) is 5.39. The van der Waals surface area contributed by atoms with E-state index in [2.05, 4.69) is 64.0 Å². The SMILES string of the molecule is Cc1cccc2c(NCc3cn4c(C)cccc4n3)ccnc12. The maximum absolute atomic E-state index is 4.67. The summed E-state index contributed by atoms with van der Waals surface area (Å²) in [6, 6.07) is 14.4. The predicted octanol–water partition coefficient (Wildman–Crippen LogP) is 4.11. The zero-order valence-corrected chi connectivity index (χ0v) is 13.2. The Balaban J connectivity index is 1.66. The molecule has 114 valence electrons. The van der Waals surface area contributed by atoms with Crippen LogP contribution in [0.5, 0.6) is 0 Å². The molecule has 0 saturated heterocycles. The van der Waals surface area contributed by atoms with Crippen molar-refractivity contribution in [3.05, 3.63) is 71.8 Å². The summed E-state index contributed by atoms with van der Waals surface area (Å²) in [5.74, 6) is 0. The molecule has 4 heteroatoms. The van der Waals surface area contributed by atoms with Crippen molar-refractivity contribution in [2.24, 2.45) is 0 Å². The minimum Gasteiger partial charge on any atom is -0.379 e. The third-order valence-electron chi connectivity index (χ3n) is 4.18. The molecule has 0 bridgehead atoms. The Kier molecular flexibility index (Phi) is 3.23. The number of hydrogen-bond donors (Lipinski definition) is 1. The van der Waals surface area contributed by atoms with Crippen LogP contribution >= 0.6 is 0 Å². The fourth-order valence-corrected chi connectivity index (χ4v) is 2.95. The van der Waals surface area contributed by atoms with Crippen molar-refractivity contribution in [2.75, 3.05) is 5.32 Å². The average molecular weight is 302 g/mol. The standard InChI is InChI=1S/C19H18N4/c1-13-5-3-7-16-17(9-10-20-19(13)16)21-11-15-12-23-14(2)6-4-8-18(23)22-15/h3-10,12H,11H2,1-2H3,(H,20,21). The molecular weight excluding hydrogens is 284 g/mol. The third-order valence-corrected chi connectivity index (χ3v) is 4.18. The number of rotatable bonds is 3. The van der Waals surface area contributed by atoms with Gasteiger partial charge < -0.3 is 9.72 Å². The van der Waals surface area contributed by atoms with Crippen LogP contribution in [0.25, 0.3) is 16.6 Å². The van der Waals surface area contributed by atoms with Gasteiger partial charge in [-0.15, -0.1) is 0 Å². The number of aromatic nitrogens is 3. The van der Waals surface area contributed by atoms with Crippen LogP contribution in [0.1, 0.15) is 17.0 Å². The van der Waals surface area contributed by atoms with Crippen molar-refractivity contribution < 1.29 is 0 Å². The summed E-state index contributed by atoms with van der Waals surface area (Å²) in [6.07, 6.45) is 3.94. The highest BCUT2D eigenvalue weighted by Crippen LogP contribution is 2.24. The Morgan fingerprint density at radius 2 is 1.91 bits per heavy atom. The molecule has 3 heterocycles. The monoisotopic (exact) mass is 302 g/mol. The number of fused-ring (bicyclic) bond motifs is 2. The van der Waals surface area contributed by atoms with Crippen LogP contribution in [0.4, 0.5) is 5.69 Å². The summed E-state index contributed by atoms with van der Waals surface area (Å²) < 4.78 is 2.12. The number of hydrogen-bond acceptors (Lipinski definition) is 3. The lowest BCUT2D eigenvalue weighted by Crippen LogP contribution is -2.01. The minimum absolute atomic E-state index is 0.689. The molecule has 0 radical (unpaired) electrons. The van der Waals surface area contributed by atoms with Crippen molar-refractivity contribution >= 4 is 22.2 Å². The molecule has 0 aliphatic rings. The fraction of sp³-hybridized carbons (Fsp3) is 0.158. The van der Waals surface area contributed by atoms with Gasteiger partial charge in [0.05, 0.1) is 17.8 Å². The molecule has 23 heavy (non-hydrogen) atoms. The Labute approximate surface area is 134 Å². The first-order chi connectivity index (χ1) is 11.2. The van der Waals surface area contributed by atoms with Gasteiger partial charge in [-0.1, -0.05) is 24.3 Å². The fourth-order valence-electron chi connectivity index (χ4n) is 2.95. The van der Waals surface area contributed by atoms with Crippen LogP contribution in [0, 0.1) is 13.8 Å². The van der Waals surface area contributed by atoms with E-state index in [-0.39, 0.29) is 0 Å². The predicted molar refractivity (Wildman–Crippen MR) is 93.7 cm³/mol. The van der Waals surface area contributed by atoms with Gasteiger partial charge in [0, 0.05) is 29.2 Å². The van der Waals surface area contributed by atoms with E-state index < -0.39 is 0 Å². The van der Waals surface area contributed by atoms with Gasteiger partial charge in [0.25, 0.3) is 0 Å². The van der Waals surface area contributed by atoms with Crippen LogP contribution in [0.3, 0.4) is 0 Å². The van der Waals surface area contributed by atoms with Crippen LogP contribution in [0.2, 0.25) is 0 Å². The van der Waals surface area contributed by atoms with Gasteiger partial charge in [-0.05, 0) is 37.6 Å². The Hall–Kier alpha value is -2.88. The van der Waals surface area contributed by atoms with Gasteiger partial charge in [0.2, 0.25) is 0 Å². The Morgan fingerprint density at radius 3 is 2.78 bits per heavy atom. The second-order valence-electron chi connectivity index (χ2n) is 5.81. The van der Waals surface area contributed by atoms with E-state index in [0.717, 1.165) is 27.9 Å². The van der Waals surface area contributed by atoms with Crippen LogP contribution < -0.4 is 5.32 Å². The molecule has 4 aromatic rings.